The third-order valence-electron chi connectivity index (χ3n) is 9.09. The zero-order valence-corrected chi connectivity index (χ0v) is 24.8. The number of carbonyl (C=O) groups is 2. The van der Waals surface area contributed by atoms with Crippen molar-refractivity contribution in [3.05, 3.63) is 11.1 Å². The molecule has 0 aromatic carbocycles. The first kappa shape index (κ1) is 28.6. The van der Waals surface area contributed by atoms with Crippen LogP contribution in [0.3, 0.4) is 0 Å². The summed E-state index contributed by atoms with van der Waals surface area (Å²) in [4.78, 5) is 27.7. The molecule has 1 amide bonds. The number of hydrogen-bond acceptors (Lipinski definition) is 12. The lowest BCUT2D eigenvalue weighted by molar-refractivity contribution is -0.124. The molecule has 0 aromatic heterocycles. The number of nitrogens with zero attached hydrogens (tertiary/aromatic N) is 1. The van der Waals surface area contributed by atoms with Crippen molar-refractivity contribution in [2.75, 3.05) is 44.4 Å². The van der Waals surface area contributed by atoms with Crippen molar-refractivity contribution in [2.45, 2.75) is 78.4 Å². The van der Waals surface area contributed by atoms with Crippen molar-refractivity contribution in [3.8, 4) is 0 Å². The Balaban J connectivity index is 1.06. The topological polar surface area (TPSA) is 147 Å². The first-order valence-electron chi connectivity index (χ1n) is 14.5. The van der Waals surface area contributed by atoms with E-state index in [4.69, 9.17) is 16.2 Å². The van der Waals surface area contributed by atoms with Gasteiger partial charge in [0.1, 0.15) is 6.29 Å². The molecule has 0 aromatic rings. The smallest absolute Gasteiger partial charge is 0.224 e. The van der Waals surface area contributed by atoms with E-state index in [9.17, 15) is 9.59 Å². The molecule has 0 radical (unpaired) electrons. The summed E-state index contributed by atoms with van der Waals surface area (Å²) < 4.78 is 5.53. The van der Waals surface area contributed by atoms with Crippen molar-refractivity contribution < 1.29 is 14.3 Å². The van der Waals surface area contributed by atoms with E-state index < -0.39 is 0 Å². The SMILES string of the molecule is NC(=O)C1CNC(N[C@H]2CCCC[C@H]2N)NC1NC1CSC(C2CSC3C(=O)C=C(N4CCOCC4)SC32)C1. The number of ketones is 1. The Morgan fingerprint density at radius 2 is 1.95 bits per heavy atom. The Morgan fingerprint density at radius 3 is 2.74 bits per heavy atom. The zero-order valence-electron chi connectivity index (χ0n) is 22.4. The second-order valence-corrected chi connectivity index (χ2v) is 15.3. The molecule has 0 spiro atoms. The van der Waals surface area contributed by atoms with Gasteiger partial charge in [-0.1, -0.05) is 12.8 Å². The molecule has 5 fully saturated rings. The molecule has 10 nitrogen and oxygen atoms in total. The summed E-state index contributed by atoms with van der Waals surface area (Å²) >= 11 is 5.79. The summed E-state index contributed by atoms with van der Waals surface area (Å²) in [6, 6.07) is 0.712. The van der Waals surface area contributed by atoms with E-state index in [1.807, 2.05) is 41.4 Å². The maximum Gasteiger partial charge on any atom is 0.224 e. The minimum absolute atomic E-state index is 0.0701. The predicted octanol–water partition coefficient (Wildman–Crippen LogP) is -0.197. The molecule has 218 valence electrons. The van der Waals surface area contributed by atoms with Crippen LogP contribution in [0.5, 0.6) is 0 Å². The van der Waals surface area contributed by atoms with Gasteiger partial charge in [0.05, 0.1) is 35.6 Å². The maximum absolute atomic E-state index is 13.1. The van der Waals surface area contributed by atoms with Gasteiger partial charge >= 0.3 is 0 Å². The fourth-order valence-corrected chi connectivity index (χ4v) is 12.2. The summed E-state index contributed by atoms with van der Waals surface area (Å²) in [5.74, 6) is 2.18. The normalized spacial score (nSPS) is 43.3. The molecule has 4 saturated heterocycles. The van der Waals surface area contributed by atoms with Gasteiger partial charge in [0, 0.05) is 60.1 Å². The van der Waals surface area contributed by atoms with Crippen molar-refractivity contribution in [1.29, 1.82) is 0 Å². The van der Waals surface area contributed by atoms with Crippen LogP contribution >= 0.6 is 35.3 Å². The van der Waals surface area contributed by atoms with Crippen molar-refractivity contribution in [3.63, 3.8) is 0 Å². The van der Waals surface area contributed by atoms with Gasteiger partial charge in [-0.15, -0.1) is 23.5 Å². The van der Waals surface area contributed by atoms with Gasteiger partial charge in [-0.25, -0.2) is 0 Å². The number of amides is 1. The Morgan fingerprint density at radius 1 is 1.13 bits per heavy atom. The maximum atomic E-state index is 13.1. The minimum Gasteiger partial charge on any atom is -0.378 e. The molecule has 5 heterocycles. The Bertz CT molecular complexity index is 938. The first-order chi connectivity index (χ1) is 19.0. The van der Waals surface area contributed by atoms with Crippen molar-refractivity contribution in [1.82, 2.24) is 26.2 Å². The number of nitrogens with one attached hydrogen (secondary N) is 4. The Labute approximate surface area is 244 Å². The average Bonchev–Trinajstić information content (AvgIpc) is 3.58. The molecule has 8 N–H and O–H groups in total. The summed E-state index contributed by atoms with van der Waals surface area (Å²) in [6.45, 7) is 3.70. The predicted molar refractivity (Wildman–Crippen MR) is 159 cm³/mol. The quantitative estimate of drug-likeness (QED) is 0.231. The zero-order chi connectivity index (χ0) is 26.9. The lowest BCUT2D eigenvalue weighted by Gasteiger charge is -2.42. The molecule has 1 saturated carbocycles. The number of nitrogens with two attached hydrogens (primary N) is 2. The molecule has 5 aliphatic heterocycles. The molecule has 13 heteroatoms. The van der Waals surface area contributed by atoms with E-state index in [1.165, 1.54) is 12.8 Å². The Hall–Kier alpha value is -0.510. The second kappa shape index (κ2) is 12.8. The fourth-order valence-electron chi connectivity index (χ4n) is 6.83. The summed E-state index contributed by atoms with van der Waals surface area (Å²) in [5.41, 5.74) is 12.2. The van der Waals surface area contributed by atoms with Crippen LogP contribution < -0.4 is 32.7 Å². The van der Waals surface area contributed by atoms with Gasteiger partial charge in [-0.05, 0) is 30.9 Å². The summed E-state index contributed by atoms with van der Waals surface area (Å²) in [6.07, 6.45) is 7.12. The molecule has 8 unspecified atom stereocenters. The molecule has 6 rings (SSSR count). The highest BCUT2D eigenvalue weighted by Crippen LogP contribution is 2.51. The van der Waals surface area contributed by atoms with Gasteiger partial charge in [0.15, 0.2) is 5.78 Å². The van der Waals surface area contributed by atoms with E-state index >= 15 is 0 Å². The second-order valence-electron chi connectivity index (χ2n) is 11.7. The van der Waals surface area contributed by atoms with E-state index in [2.05, 4.69) is 26.2 Å². The number of morpholine rings is 1. The highest BCUT2D eigenvalue weighted by atomic mass is 32.2. The number of thioether (sulfide) groups is 3. The van der Waals surface area contributed by atoms with Crippen LogP contribution in [0.2, 0.25) is 0 Å². The lowest BCUT2D eigenvalue weighted by Crippen LogP contribution is -2.72. The molecule has 6 aliphatic rings. The highest BCUT2D eigenvalue weighted by molar-refractivity contribution is 8.07. The van der Waals surface area contributed by atoms with E-state index in [0.29, 0.717) is 23.0 Å². The van der Waals surface area contributed by atoms with E-state index in [1.54, 1.807) is 0 Å². The molecule has 0 bridgehead atoms. The largest absolute Gasteiger partial charge is 0.378 e. The first-order valence-corrected chi connectivity index (χ1v) is 17.5. The average molecular weight is 598 g/mol. The van der Waals surface area contributed by atoms with Crippen LogP contribution in [0, 0.1) is 11.8 Å². The summed E-state index contributed by atoms with van der Waals surface area (Å²) in [7, 11) is 0. The monoisotopic (exact) mass is 597 g/mol. The van der Waals surface area contributed by atoms with Crippen LogP contribution in [0.1, 0.15) is 32.1 Å². The molecule has 10 atom stereocenters. The van der Waals surface area contributed by atoms with Gasteiger partial charge in [0.2, 0.25) is 5.91 Å². The highest BCUT2D eigenvalue weighted by Gasteiger charge is 2.49. The fraction of sp³-hybridized carbons (Fsp3) is 0.846. The van der Waals surface area contributed by atoms with Gasteiger partial charge in [0.25, 0.3) is 0 Å². The molecule has 1 aliphatic carbocycles. The third-order valence-corrected chi connectivity index (χ3v) is 13.8. The number of hydrogen-bond donors (Lipinski definition) is 6. The van der Waals surface area contributed by atoms with Crippen LogP contribution in [-0.2, 0) is 14.3 Å². The van der Waals surface area contributed by atoms with Crippen molar-refractivity contribution >= 4 is 47.0 Å². The third kappa shape index (κ3) is 6.46. The van der Waals surface area contributed by atoms with Crippen LogP contribution in [0.4, 0.5) is 0 Å². The van der Waals surface area contributed by atoms with Gasteiger partial charge < -0.3 is 21.1 Å². The van der Waals surface area contributed by atoms with Crippen LogP contribution in [0.25, 0.3) is 0 Å². The van der Waals surface area contributed by atoms with E-state index in [0.717, 1.165) is 62.1 Å². The van der Waals surface area contributed by atoms with E-state index in [-0.39, 0.29) is 53.4 Å². The van der Waals surface area contributed by atoms with Crippen LogP contribution in [0.15, 0.2) is 11.1 Å². The van der Waals surface area contributed by atoms with Gasteiger partial charge in [-0.3, -0.25) is 30.9 Å². The Kier molecular flexibility index (Phi) is 9.38. The number of rotatable bonds is 7. The number of ether oxygens (including phenoxy) is 1. The number of carbonyl (C=O) groups excluding carboxylic acids is 2. The number of fused-ring (bicyclic) bond motifs is 1. The summed E-state index contributed by atoms with van der Waals surface area (Å²) in [5, 5.41) is 16.4. The van der Waals surface area contributed by atoms with Crippen LogP contribution in [-0.4, -0.2) is 107 Å². The number of primary amides is 1. The standard InChI is InChI=1S/C26H43N7O3S3/c27-17-3-1-2-4-18(17)31-26-29-11-15(24(28)35)25(32-26)30-14-9-20(37-12-14)16-13-38-23-19(34)10-21(39-22(16)23)33-5-7-36-8-6-33/h10,14-18,20,22-23,25-26,29-32H,1-9,11-13,27H2,(H2,28,35)/t14?,15?,16?,17-,18+,20?,22?,23?,25?,26?/m1/s1. The molecular weight excluding hydrogens is 555 g/mol. The van der Waals surface area contributed by atoms with Crippen molar-refractivity contribution in [2.24, 2.45) is 23.3 Å². The lowest BCUT2D eigenvalue weighted by atomic mass is 9.91. The molecular formula is C26H43N7O3S3. The molecule has 39 heavy (non-hydrogen) atoms. The van der Waals surface area contributed by atoms with Gasteiger partial charge in [-0.2, -0.15) is 11.8 Å². The number of allylic oxidation sites excluding steroid dienone is 1. The minimum atomic E-state index is -0.328.